The van der Waals surface area contributed by atoms with Gasteiger partial charge in [-0.15, -0.1) is 0 Å². The Kier molecular flexibility index (Phi) is 4.63. The molecule has 0 aromatic carbocycles. The van der Waals surface area contributed by atoms with E-state index in [0.717, 1.165) is 39.0 Å². The molecule has 0 aliphatic carbocycles. The maximum Gasteiger partial charge on any atom is 0.353 e. The molecule has 0 spiro atoms. The van der Waals surface area contributed by atoms with Crippen molar-refractivity contribution in [3.8, 4) is 0 Å². The molecule has 0 bridgehead atoms. The molecular weight excluding hydrogens is 294 g/mol. The van der Waals surface area contributed by atoms with Crippen LogP contribution in [0.3, 0.4) is 0 Å². The quantitative estimate of drug-likeness (QED) is 0.630. The summed E-state index contributed by atoms with van der Waals surface area (Å²) in [7, 11) is 0. The van der Waals surface area contributed by atoms with E-state index in [0.29, 0.717) is 23.5 Å². The van der Waals surface area contributed by atoms with Crippen molar-refractivity contribution in [3.63, 3.8) is 0 Å². The molecule has 2 aliphatic rings. The van der Waals surface area contributed by atoms with Crippen molar-refractivity contribution < 1.29 is 4.92 Å². The van der Waals surface area contributed by atoms with Crippen LogP contribution in [0.4, 0.5) is 17.3 Å². The molecule has 2 aliphatic heterocycles. The van der Waals surface area contributed by atoms with E-state index in [4.69, 9.17) is 0 Å². The van der Waals surface area contributed by atoms with Gasteiger partial charge in [0.2, 0.25) is 11.6 Å². The molecule has 1 aromatic rings. The monoisotopic (exact) mass is 319 g/mol. The molecule has 2 fully saturated rings. The second-order valence-corrected chi connectivity index (χ2v) is 7.01. The molecule has 2 saturated heterocycles. The molecule has 3 heterocycles. The molecule has 3 rings (SSSR count). The Morgan fingerprint density at radius 2 is 1.52 bits per heavy atom. The predicted molar refractivity (Wildman–Crippen MR) is 89.9 cm³/mol. The first kappa shape index (κ1) is 16.0. The van der Waals surface area contributed by atoms with Crippen molar-refractivity contribution in [1.29, 1.82) is 0 Å². The van der Waals surface area contributed by atoms with Crippen LogP contribution in [0, 0.1) is 22.0 Å². The number of nitro groups is 1. The average molecular weight is 319 g/mol. The van der Waals surface area contributed by atoms with Crippen LogP contribution in [0.15, 0.2) is 6.33 Å². The number of anilines is 2. The average Bonchev–Trinajstić information content (AvgIpc) is 2.54. The van der Waals surface area contributed by atoms with Gasteiger partial charge in [0.15, 0.2) is 0 Å². The molecule has 23 heavy (non-hydrogen) atoms. The lowest BCUT2D eigenvalue weighted by molar-refractivity contribution is -0.383. The van der Waals surface area contributed by atoms with Crippen molar-refractivity contribution in [2.45, 2.75) is 39.5 Å². The largest absolute Gasteiger partial charge is 0.353 e. The van der Waals surface area contributed by atoms with E-state index in [1.165, 1.54) is 19.2 Å². The standard InChI is InChI=1S/C16H25N5O2/c1-12-5-3-7-19(9-12)15-14(21(22)23)16(18-11-17-15)20-8-4-6-13(2)10-20/h11-13H,3-10H2,1-2H3. The molecule has 0 saturated carbocycles. The van der Waals surface area contributed by atoms with Gasteiger partial charge in [0.05, 0.1) is 4.92 Å². The lowest BCUT2D eigenvalue weighted by atomic mass is 9.99. The highest BCUT2D eigenvalue weighted by Crippen LogP contribution is 2.37. The summed E-state index contributed by atoms with van der Waals surface area (Å²) in [6.45, 7) is 7.69. The second-order valence-electron chi connectivity index (χ2n) is 7.01. The third-order valence-corrected chi connectivity index (χ3v) is 4.88. The zero-order chi connectivity index (χ0) is 16.4. The first-order valence-electron chi connectivity index (χ1n) is 8.55. The summed E-state index contributed by atoms with van der Waals surface area (Å²) in [5.74, 6) is 2.06. The van der Waals surface area contributed by atoms with Gasteiger partial charge < -0.3 is 9.80 Å². The highest BCUT2D eigenvalue weighted by Gasteiger charge is 2.32. The summed E-state index contributed by atoms with van der Waals surface area (Å²) in [5.41, 5.74) is 0.0794. The number of hydrogen-bond acceptors (Lipinski definition) is 6. The maximum atomic E-state index is 11.8. The second kappa shape index (κ2) is 6.68. The number of aromatic nitrogens is 2. The van der Waals surface area contributed by atoms with Gasteiger partial charge in [-0.3, -0.25) is 10.1 Å². The van der Waals surface area contributed by atoms with Crippen molar-refractivity contribution in [3.05, 3.63) is 16.4 Å². The zero-order valence-electron chi connectivity index (χ0n) is 13.9. The Morgan fingerprint density at radius 3 is 1.91 bits per heavy atom. The number of hydrogen-bond donors (Lipinski definition) is 0. The van der Waals surface area contributed by atoms with E-state index in [1.807, 2.05) is 0 Å². The van der Waals surface area contributed by atoms with Gasteiger partial charge in [-0.05, 0) is 37.5 Å². The van der Waals surface area contributed by atoms with Crippen molar-refractivity contribution in [2.75, 3.05) is 36.0 Å². The van der Waals surface area contributed by atoms with Gasteiger partial charge in [0.25, 0.3) is 0 Å². The minimum Gasteiger partial charge on any atom is -0.350 e. The van der Waals surface area contributed by atoms with E-state index < -0.39 is 0 Å². The third-order valence-electron chi connectivity index (χ3n) is 4.88. The molecule has 0 radical (unpaired) electrons. The first-order valence-corrected chi connectivity index (χ1v) is 8.55. The Morgan fingerprint density at radius 1 is 1.04 bits per heavy atom. The molecule has 1 aromatic heterocycles. The SMILES string of the molecule is CC1CCCN(c2ncnc(N3CCCC(C)C3)c2[N+](=O)[O-])C1. The van der Waals surface area contributed by atoms with E-state index in [9.17, 15) is 10.1 Å². The summed E-state index contributed by atoms with van der Waals surface area (Å²) >= 11 is 0. The summed E-state index contributed by atoms with van der Waals surface area (Å²) in [6.07, 6.45) is 5.94. The van der Waals surface area contributed by atoms with E-state index in [2.05, 4.69) is 33.6 Å². The lowest BCUT2D eigenvalue weighted by Crippen LogP contribution is -2.37. The first-order chi connectivity index (χ1) is 11.1. The Labute approximate surface area is 136 Å². The Bertz CT molecular complexity index is 539. The van der Waals surface area contributed by atoms with Gasteiger partial charge >= 0.3 is 5.69 Å². The fourth-order valence-electron chi connectivity index (χ4n) is 3.75. The van der Waals surface area contributed by atoms with Crippen molar-refractivity contribution in [2.24, 2.45) is 11.8 Å². The molecule has 0 N–H and O–H groups in total. The summed E-state index contributed by atoms with van der Waals surface area (Å²) in [5, 5.41) is 11.8. The van der Waals surface area contributed by atoms with Crippen molar-refractivity contribution in [1.82, 2.24) is 9.97 Å². The van der Waals surface area contributed by atoms with Crippen LogP contribution in [-0.4, -0.2) is 41.1 Å². The highest BCUT2D eigenvalue weighted by atomic mass is 16.6. The number of rotatable bonds is 3. The minimum absolute atomic E-state index is 0.0794. The molecule has 2 atom stereocenters. The Hall–Kier alpha value is -1.92. The molecular formula is C16H25N5O2. The van der Waals surface area contributed by atoms with Crippen LogP contribution in [-0.2, 0) is 0 Å². The van der Waals surface area contributed by atoms with Crippen LogP contribution >= 0.6 is 0 Å². The Balaban J connectivity index is 1.97. The van der Waals surface area contributed by atoms with Gasteiger partial charge in [-0.1, -0.05) is 13.8 Å². The highest BCUT2D eigenvalue weighted by molar-refractivity contribution is 5.71. The van der Waals surface area contributed by atoms with Crippen LogP contribution in [0.2, 0.25) is 0 Å². The van der Waals surface area contributed by atoms with E-state index in [1.54, 1.807) is 0 Å². The van der Waals surface area contributed by atoms with Crippen LogP contribution in [0.25, 0.3) is 0 Å². The smallest absolute Gasteiger partial charge is 0.350 e. The topological polar surface area (TPSA) is 75.4 Å². The molecule has 0 amide bonds. The molecule has 2 unspecified atom stereocenters. The maximum absolute atomic E-state index is 11.8. The lowest BCUT2D eigenvalue weighted by Gasteiger charge is -2.34. The third kappa shape index (κ3) is 3.38. The number of piperidine rings is 2. The summed E-state index contributed by atoms with van der Waals surface area (Å²) < 4.78 is 0. The van der Waals surface area contributed by atoms with Gasteiger partial charge in [0.1, 0.15) is 6.33 Å². The summed E-state index contributed by atoms with van der Waals surface area (Å²) in [6, 6.07) is 0. The van der Waals surface area contributed by atoms with Crippen LogP contribution < -0.4 is 9.80 Å². The zero-order valence-corrected chi connectivity index (χ0v) is 13.9. The van der Waals surface area contributed by atoms with Gasteiger partial charge in [-0.25, -0.2) is 9.97 Å². The van der Waals surface area contributed by atoms with Crippen molar-refractivity contribution >= 4 is 17.3 Å². The predicted octanol–water partition coefficient (Wildman–Crippen LogP) is 2.86. The summed E-state index contributed by atoms with van der Waals surface area (Å²) in [4.78, 5) is 24.1. The number of nitrogens with zero attached hydrogens (tertiary/aromatic N) is 5. The van der Waals surface area contributed by atoms with Gasteiger partial charge in [0, 0.05) is 26.2 Å². The van der Waals surface area contributed by atoms with E-state index >= 15 is 0 Å². The normalized spacial score (nSPS) is 25.5. The molecule has 7 heteroatoms. The minimum atomic E-state index is -0.302. The van der Waals surface area contributed by atoms with Crippen LogP contribution in [0.5, 0.6) is 0 Å². The fourth-order valence-corrected chi connectivity index (χ4v) is 3.75. The van der Waals surface area contributed by atoms with Crippen LogP contribution in [0.1, 0.15) is 39.5 Å². The van der Waals surface area contributed by atoms with Gasteiger partial charge in [-0.2, -0.15) is 0 Å². The fraction of sp³-hybridized carbons (Fsp3) is 0.750. The van der Waals surface area contributed by atoms with E-state index in [-0.39, 0.29) is 10.6 Å². The molecule has 126 valence electrons. The molecule has 7 nitrogen and oxygen atoms in total.